The summed E-state index contributed by atoms with van der Waals surface area (Å²) in [5, 5.41) is 24.1. The number of nitro groups is 1. The summed E-state index contributed by atoms with van der Waals surface area (Å²) in [7, 11) is 0. The van der Waals surface area contributed by atoms with Crippen LogP contribution in [0.3, 0.4) is 0 Å². The summed E-state index contributed by atoms with van der Waals surface area (Å²) in [5.41, 5.74) is 2.74. The maximum atomic E-state index is 10.8. The Morgan fingerprint density at radius 3 is 2.86 bits per heavy atom. The van der Waals surface area contributed by atoms with Crippen LogP contribution >= 0.6 is 11.6 Å². The van der Waals surface area contributed by atoms with Crippen LogP contribution in [0.5, 0.6) is 5.75 Å². The van der Waals surface area contributed by atoms with E-state index < -0.39 is 4.92 Å². The van der Waals surface area contributed by atoms with E-state index in [1.165, 1.54) is 18.2 Å². The molecule has 1 aliphatic rings. The number of nitrogens with zero attached hydrogens (tertiary/aromatic N) is 1. The second-order valence-electron chi connectivity index (χ2n) is 5.04. The number of aryl methyl sites for hydroxylation is 1. The summed E-state index contributed by atoms with van der Waals surface area (Å²) in [6.45, 7) is 0. The molecule has 3 rings (SSSR count). The second kappa shape index (κ2) is 5.26. The Labute approximate surface area is 126 Å². The van der Waals surface area contributed by atoms with E-state index >= 15 is 0 Å². The smallest absolute Gasteiger partial charge is 0.271 e. The van der Waals surface area contributed by atoms with Crippen LogP contribution in [-0.4, -0.2) is 10.0 Å². The van der Waals surface area contributed by atoms with Gasteiger partial charge < -0.3 is 10.4 Å². The van der Waals surface area contributed by atoms with Crippen LogP contribution in [-0.2, 0) is 6.42 Å². The Bertz CT molecular complexity index is 718. The zero-order valence-corrected chi connectivity index (χ0v) is 11.8. The number of non-ortho nitro benzene ring substituents is 1. The molecule has 0 amide bonds. The van der Waals surface area contributed by atoms with Gasteiger partial charge in [-0.15, -0.1) is 0 Å². The molecular weight excluding hydrogens is 292 g/mol. The number of phenolic OH excluding ortho intramolecular Hbond substituents is 1. The Morgan fingerprint density at radius 1 is 1.29 bits per heavy atom. The summed E-state index contributed by atoms with van der Waals surface area (Å²) >= 11 is 6.11. The first-order valence-corrected chi connectivity index (χ1v) is 6.94. The lowest BCUT2D eigenvalue weighted by Gasteiger charge is -2.16. The maximum Gasteiger partial charge on any atom is 0.271 e. The molecular formula is C15H13ClN2O3. The topological polar surface area (TPSA) is 75.4 Å². The second-order valence-corrected chi connectivity index (χ2v) is 5.45. The molecule has 0 fully saturated rings. The number of nitrogens with one attached hydrogen (secondary N) is 1. The van der Waals surface area contributed by atoms with Gasteiger partial charge in [0.25, 0.3) is 5.69 Å². The van der Waals surface area contributed by atoms with Gasteiger partial charge in [0, 0.05) is 12.1 Å². The predicted molar refractivity (Wildman–Crippen MR) is 80.9 cm³/mol. The maximum absolute atomic E-state index is 10.8. The van der Waals surface area contributed by atoms with Crippen molar-refractivity contribution in [2.45, 2.75) is 18.9 Å². The molecule has 0 heterocycles. The van der Waals surface area contributed by atoms with Crippen molar-refractivity contribution in [2.24, 2.45) is 0 Å². The highest BCUT2D eigenvalue weighted by atomic mass is 35.5. The molecule has 0 radical (unpaired) electrons. The van der Waals surface area contributed by atoms with Crippen molar-refractivity contribution in [1.29, 1.82) is 0 Å². The Balaban J connectivity index is 1.89. The molecule has 0 spiro atoms. The van der Waals surface area contributed by atoms with Gasteiger partial charge in [-0.2, -0.15) is 0 Å². The third-order valence-corrected chi connectivity index (χ3v) is 4.02. The number of fused-ring (bicyclic) bond motifs is 1. The van der Waals surface area contributed by atoms with Gasteiger partial charge >= 0.3 is 0 Å². The predicted octanol–water partition coefficient (Wildman–Crippen LogP) is 4.05. The van der Waals surface area contributed by atoms with Gasteiger partial charge in [0.1, 0.15) is 5.75 Å². The molecule has 2 N–H and O–H groups in total. The van der Waals surface area contributed by atoms with E-state index in [9.17, 15) is 15.2 Å². The van der Waals surface area contributed by atoms with Crippen molar-refractivity contribution < 1.29 is 10.0 Å². The normalized spacial score (nSPS) is 16.5. The van der Waals surface area contributed by atoms with Gasteiger partial charge in [-0.1, -0.05) is 17.7 Å². The van der Waals surface area contributed by atoms with E-state index in [-0.39, 0.29) is 17.5 Å². The van der Waals surface area contributed by atoms with E-state index in [4.69, 9.17) is 11.6 Å². The first-order valence-electron chi connectivity index (χ1n) is 6.57. The third-order valence-electron chi connectivity index (χ3n) is 3.69. The number of benzene rings is 2. The Morgan fingerprint density at radius 2 is 2.10 bits per heavy atom. The number of hydrogen-bond donors (Lipinski definition) is 2. The molecule has 0 aliphatic heterocycles. The third kappa shape index (κ3) is 2.64. The molecule has 1 atom stereocenters. The fraction of sp³-hybridized carbons (Fsp3) is 0.200. The molecule has 6 heteroatoms. The summed E-state index contributed by atoms with van der Waals surface area (Å²) in [6.07, 6.45) is 1.71. The van der Waals surface area contributed by atoms with Crippen LogP contribution < -0.4 is 5.32 Å². The van der Waals surface area contributed by atoms with Crippen LogP contribution in [0, 0.1) is 10.1 Å². The van der Waals surface area contributed by atoms with E-state index in [0.717, 1.165) is 24.0 Å². The van der Waals surface area contributed by atoms with Gasteiger partial charge in [0.2, 0.25) is 0 Å². The van der Waals surface area contributed by atoms with Crippen molar-refractivity contribution in [3.05, 3.63) is 62.7 Å². The molecule has 0 saturated heterocycles. The fourth-order valence-corrected chi connectivity index (χ4v) is 2.85. The van der Waals surface area contributed by atoms with Crippen LogP contribution in [0.1, 0.15) is 23.6 Å². The SMILES string of the molecule is O=[N+]([O-])c1ccc(Cl)c(NC2CCc3cc(O)ccc32)c1. The van der Waals surface area contributed by atoms with Crippen LogP contribution in [0.25, 0.3) is 0 Å². The zero-order valence-electron chi connectivity index (χ0n) is 11.0. The molecule has 1 aliphatic carbocycles. The van der Waals surface area contributed by atoms with Gasteiger partial charge in [0.15, 0.2) is 0 Å². The van der Waals surface area contributed by atoms with E-state index in [1.807, 2.05) is 6.07 Å². The number of rotatable bonds is 3. The molecule has 108 valence electrons. The Kier molecular flexibility index (Phi) is 3.43. The Hall–Kier alpha value is -2.27. The van der Waals surface area contributed by atoms with Gasteiger partial charge in [-0.05, 0) is 42.2 Å². The number of anilines is 1. The average molecular weight is 305 g/mol. The zero-order chi connectivity index (χ0) is 15.0. The van der Waals surface area contributed by atoms with Crippen LogP contribution in [0.2, 0.25) is 5.02 Å². The quantitative estimate of drug-likeness (QED) is 0.662. The average Bonchev–Trinajstić information content (AvgIpc) is 2.83. The van der Waals surface area contributed by atoms with Crippen molar-refractivity contribution in [3.8, 4) is 5.75 Å². The van der Waals surface area contributed by atoms with Gasteiger partial charge in [0.05, 0.1) is 21.7 Å². The monoisotopic (exact) mass is 304 g/mol. The standard InChI is InChI=1S/C15H13ClN2O3/c16-13-5-2-10(18(20)21)8-15(13)17-14-6-1-9-7-11(19)3-4-12(9)14/h2-5,7-8,14,17,19H,1,6H2. The molecule has 21 heavy (non-hydrogen) atoms. The van der Waals surface area contributed by atoms with E-state index in [0.29, 0.717) is 10.7 Å². The summed E-state index contributed by atoms with van der Waals surface area (Å²) in [5.74, 6) is 0.253. The van der Waals surface area contributed by atoms with E-state index in [1.54, 1.807) is 12.1 Å². The summed E-state index contributed by atoms with van der Waals surface area (Å²) in [4.78, 5) is 10.4. The van der Waals surface area contributed by atoms with Crippen molar-refractivity contribution >= 4 is 23.0 Å². The highest BCUT2D eigenvalue weighted by Crippen LogP contribution is 2.37. The molecule has 0 aromatic heterocycles. The minimum atomic E-state index is -0.442. The fourth-order valence-electron chi connectivity index (χ4n) is 2.68. The van der Waals surface area contributed by atoms with Crippen LogP contribution in [0.4, 0.5) is 11.4 Å². The molecule has 2 aromatic rings. The lowest BCUT2D eigenvalue weighted by atomic mass is 10.1. The number of nitro benzene ring substituents is 1. The number of halogens is 1. The van der Waals surface area contributed by atoms with Gasteiger partial charge in [-0.3, -0.25) is 10.1 Å². The van der Waals surface area contributed by atoms with Gasteiger partial charge in [-0.25, -0.2) is 0 Å². The molecule has 0 saturated carbocycles. The molecule has 1 unspecified atom stereocenters. The first kappa shape index (κ1) is 13.7. The first-order chi connectivity index (χ1) is 10.0. The summed E-state index contributed by atoms with van der Waals surface area (Å²) in [6, 6.07) is 9.67. The van der Waals surface area contributed by atoms with Crippen molar-refractivity contribution in [2.75, 3.05) is 5.32 Å². The minimum absolute atomic E-state index is 0.00539. The highest BCUT2D eigenvalue weighted by molar-refractivity contribution is 6.33. The largest absolute Gasteiger partial charge is 0.508 e. The lowest BCUT2D eigenvalue weighted by molar-refractivity contribution is -0.384. The van der Waals surface area contributed by atoms with Crippen molar-refractivity contribution in [1.82, 2.24) is 0 Å². The highest BCUT2D eigenvalue weighted by Gasteiger charge is 2.23. The molecule has 2 aromatic carbocycles. The summed E-state index contributed by atoms with van der Waals surface area (Å²) < 4.78 is 0. The van der Waals surface area contributed by atoms with Crippen molar-refractivity contribution in [3.63, 3.8) is 0 Å². The van der Waals surface area contributed by atoms with E-state index in [2.05, 4.69) is 5.32 Å². The molecule has 5 nitrogen and oxygen atoms in total. The molecule has 0 bridgehead atoms. The number of aromatic hydroxyl groups is 1. The number of hydrogen-bond acceptors (Lipinski definition) is 4. The van der Waals surface area contributed by atoms with Crippen LogP contribution in [0.15, 0.2) is 36.4 Å². The lowest BCUT2D eigenvalue weighted by Crippen LogP contribution is -2.07. The number of phenols is 1. The minimum Gasteiger partial charge on any atom is -0.508 e.